The molecule has 2 aliphatic heterocycles. The Labute approximate surface area is 139 Å². The Kier molecular flexibility index (Phi) is 3.61. The van der Waals surface area contributed by atoms with Gasteiger partial charge in [-0.05, 0) is 44.2 Å². The summed E-state index contributed by atoms with van der Waals surface area (Å²) in [6.45, 7) is 8.87. The van der Waals surface area contributed by atoms with Crippen LogP contribution in [0, 0.1) is 10.1 Å². The highest BCUT2D eigenvalue weighted by Gasteiger charge is 2.66. The second-order valence-electron chi connectivity index (χ2n) is 6.05. The first-order chi connectivity index (χ1) is 11.4. The SMILES string of the molecule is CCN1N=NN(CC)C12N(c1ccccc1[N+](=O)[O-])N=NC2(C)C. The van der Waals surface area contributed by atoms with Crippen LogP contribution in [0.25, 0.3) is 0 Å². The molecule has 24 heavy (non-hydrogen) atoms. The van der Waals surface area contributed by atoms with Gasteiger partial charge in [0.25, 0.3) is 11.5 Å². The van der Waals surface area contributed by atoms with Crippen molar-refractivity contribution in [3.8, 4) is 0 Å². The Bertz CT molecular complexity index is 702. The summed E-state index contributed by atoms with van der Waals surface area (Å²) in [4.78, 5) is 11.1. The van der Waals surface area contributed by atoms with E-state index in [-0.39, 0.29) is 5.69 Å². The predicted molar refractivity (Wildman–Crippen MR) is 86.9 cm³/mol. The highest BCUT2D eigenvalue weighted by Crippen LogP contribution is 2.50. The van der Waals surface area contributed by atoms with Gasteiger partial charge in [-0.2, -0.15) is 10.1 Å². The molecule has 0 N–H and O–H groups in total. The van der Waals surface area contributed by atoms with Crippen LogP contribution < -0.4 is 5.01 Å². The molecule has 1 spiro atoms. The molecule has 2 heterocycles. The monoisotopic (exact) mass is 332 g/mol. The maximum Gasteiger partial charge on any atom is 0.294 e. The van der Waals surface area contributed by atoms with Gasteiger partial charge in [0, 0.05) is 19.2 Å². The first-order valence-corrected chi connectivity index (χ1v) is 7.83. The molecular formula is C14H20N8O2. The Morgan fingerprint density at radius 2 is 1.67 bits per heavy atom. The number of benzene rings is 1. The van der Waals surface area contributed by atoms with E-state index in [1.807, 2.05) is 27.7 Å². The minimum Gasteiger partial charge on any atom is -0.258 e. The van der Waals surface area contributed by atoms with Gasteiger partial charge in [-0.25, -0.2) is 10.0 Å². The molecule has 10 heteroatoms. The third kappa shape index (κ3) is 1.88. The zero-order valence-corrected chi connectivity index (χ0v) is 14.1. The zero-order valence-electron chi connectivity index (χ0n) is 14.1. The van der Waals surface area contributed by atoms with E-state index in [1.165, 1.54) is 6.07 Å². The molecule has 3 rings (SSSR count). The number of para-hydroxylation sites is 2. The lowest BCUT2D eigenvalue weighted by Crippen LogP contribution is -2.70. The number of nitro benzene ring substituents is 1. The molecule has 0 atom stereocenters. The first kappa shape index (κ1) is 16.1. The molecule has 0 saturated heterocycles. The van der Waals surface area contributed by atoms with Gasteiger partial charge in [0.2, 0.25) is 0 Å². The second kappa shape index (κ2) is 5.39. The van der Waals surface area contributed by atoms with Crippen LogP contribution in [0.5, 0.6) is 0 Å². The molecule has 0 radical (unpaired) electrons. The lowest BCUT2D eigenvalue weighted by atomic mass is 9.93. The average Bonchev–Trinajstić information content (AvgIpc) is 3.07. The third-order valence-corrected chi connectivity index (χ3v) is 4.38. The fourth-order valence-electron chi connectivity index (χ4n) is 3.33. The Morgan fingerprint density at radius 1 is 1.08 bits per heavy atom. The highest BCUT2D eigenvalue weighted by atomic mass is 16.6. The van der Waals surface area contributed by atoms with Crippen LogP contribution in [0.15, 0.2) is 45.0 Å². The quantitative estimate of drug-likeness (QED) is 0.622. The Hall–Kier alpha value is -2.78. The Morgan fingerprint density at radius 3 is 2.21 bits per heavy atom. The Balaban J connectivity index is 2.22. The number of likely N-dealkylation sites (N-methyl/N-ethyl adjacent to an activating group) is 2. The van der Waals surface area contributed by atoms with E-state index >= 15 is 0 Å². The van der Waals surface area contributed by atoms with Crippen molar-refractivity contribution in [1.82, 2.24) is 10.0 Å². The fourth-order valence-corrected chi connectivity index (χ4v) is 3.33. The molecule has 2 aliphatic rings. The number of nitro groups is 1. The maximum atomic E-state index is 11.5. The molecule has 0 fully saturated rings. The second-order valence-corrected chi connectivity index (χ2v) is 6.05. The van der Waals surface area contributed by atoms with Gasteiger partial charge in [-0.1, -0.05) is 17.4 Å². The largest absolute Gasteiger partial charge is 0.294 e. The van der Waals surface area contributed by atoms with E-state index in [4.69, 9.17) is 0 Å². The van der Waals surface area contributed by atoms with Gasteiger partial charge in [0.15, 0.2) is 0 Å². The van der Waals surface area contributed by atoms with Crippen molar-refractivity contribution in [3.63, 3.8) is 0 Å². The average molecular weight is 332 g/mol. The maximum absolute atomic E-state index is 11.5. The van der Waals surface area contributed by atoms with Crippen molar-refractivity contribution in [3.05, 3.63) is 34.4 Å². The molecule has 0 saturated carbocycles. The minimum absolute atomic E-state index is 0.0347. The van der Waals surface area contributed by atoms with E-state index in [0.717, 1.165) is 0 Å². The fraction of sp³-hybridized carbons (Fsp3) is 0.571. The van der Waals surface area contributed by atoms with E-state index in [0.29, 0.717) is 18.8 Å². The van der Waals surface area contributed by atoms with Crippen molar-refractivity contribution in [2.24, 2.45) is 20.8 Å². The number of nitrogens with zero attached hydrogens (tertiary/aromatic N) is 8. The molecule has 1 aromatic rings. The molecule has 10 nitrogen and oxygen atoms in total. The summed E-state index contributed by atoms with van der Waals surface area (Å²) in [5.41, 5.74) is -0.375. The molecule has 128 valence electrons. The summed E-state index contributed by atoms with van der Waals surface area (Å²) in [5.74, 6) is -0.956. The molecule has 0 bridgehead atoms. The third-order valence-electron chi connectivity index (χ3n) is 4.38. The highest BCUT2D eigenvalue weighted by molar-refractivity contribution is 5.64. The van der Waals surface area contributed by atoms with Crippen molar-refractivity contribution >= 4 is 11.4 Å². The van der Waals surface area contributed by atoms with E-state index in [2.05, 4.69) is 20.8 Å². The van der Waals surface area contributed by atoms with Gasteiger partial charge < -0.3 is 0 Å². The lowest BCUT2D eigenvalue weighted by molar-refractivity contribution is -0.384. The van der Waals surface area contributed by atoms with E-state index in [9.17, 15) is 10.1 Å². The van der Waals surface area contributed by atoms with Crippen molar-refractivity contribution < 1.29 is 4.92 Å². The summed E-state index contributed by atoms with van der Waals surface area (Å²) in [6, 6.07) is 6.50. The summed E-state index contributed by atoms with van der Waals surface area (Å²) >= 11 is 0. The predicted octanol–water partition coefficient (Wildman–Crippen LogP) is 3.15. The number of hydrogen-bond donors (Lipinski definition) is 0. The normalized spacial score (nSPS) is 20.4. The first-order valence-electron chi connectivity index (χ1n) is 7.83. The summed E-state index contributed by atoms with van der Waals surface area (Å²) in [6.07, 6.45) is 0. The van der Waals surface area contributed by atoms with Gasteiger partial charge in [0.05, 0.1) is 4.92 Å². The van der Waals surface area contributed by atoms with Crippen molar-refractivity contribution in [2.75, 3.05) is 18.1 Å². The van der Waals surface area contributed by atoms with Gasteiger partial charge in [-0.3, -0.25) is 10.1 Å². The van der Waals surface area contributed by atoms with E-state index < -0.39 is 16.2 Å². The smallest absolute Gasteiger partial charge is 0.258 e. The van der Waals surface area contributed by atoms with Crippen LogP contribution in [0.4, 0.5) is 11.4 Å². The van der Waals surface area contributed by atoms with Gasteiger partial charge >= 0.3 is 0 Å². The molecule has 0 aliphatic carbocycles. The lowest BCUT2D eigenvalue weighted by Gasteiger charge is -2.47. The van der Waals surface area contributed by atoms with Gasteiger partial charge in [0.1, 0.15) is 11.2 Å². The van der Waals surface area contributed by atoms with Crippen LogP contribution in [0.2, 0.25) is 0 Å². The molecule has 0 aromatic heterocycles. The molecule has 0 amide bonds. The van der Waals surface area contributed by atoms with Crippen molar-refractivity contribution in [2.45, 2.75) is 39.0 Å². The standard InChI is InChI=1S/C14H20N8O2/c1-5-19-14(20(6-2)18-17-19)13(3,4)15-16-21(14)11-9-7-8-10-12(11)22(23)24/h7-10H,5-6H2,1-4H3. The van der Waals surface area contributed by atoms with Gasteiger partial charge in [-0.15, -0.1) is 0 Å². The van der Waals surface area contributed by atoms with Crippen LogP contribution in [-0.4, -0.2) is 39.4 Å². The molecule has 1 aromatic carbocycles. The summed E-state index contributed by atoms with van der Waals surface area (Å²) in [7, 11) is 0. The minimum atomic E-state index is -0.956. The van der Waals surface area contributed by atoms with Crippen LogP contribution in [0.3, 0.4) is 0 Å². The van der Waals surface area contributed by atoms with E-state index in [1.54, 1.807) is 33.2 Å². The topological polar surface area (TPSA) is 102 Å². The number of rotatable bonds is 4. The molecular weight excluding hydrogens is 312 g/mol. The summed E-state index contributed by atoms with van der Waals surface area (Å²) < 4.78 is 0. The molecule has 0 unspecified atom stereocenters. The number of hydrogen-bond acceptors (Lipinski definition) is 9. The van der Waals surface area contributed by atoms with Crippen LogP contribution in [-0.2, 0) is 0 Å². The summed E-state index contributed by atoms with van der Waals surface area (Å²) in [5, 5.41) is 33.7. The van der Waals surface area contributed by atoms with Crippen molar-refractivity contribution in [1.29, 1.82) is 0 Å². The van der Waals surface area contributed by atoms with Crippen LogP contribution >= 0.6 is 0 Å². The zero-order chi connectivity index (χ0) is 17.5. The van der Waals surface area contributed by atoms with Crippen LogP contribution in [0.1, 0.15) is 27.7 Å². The number of anilines is 1.